The van der Waals surface area contributed by atoms with Gasteiger partial charge in [0.05, 0.1) is 0 Å². The van der Waals surface area contributed by atoms with Gasteiger partial charge in [0.15, 0.2) is 5.82 Å². The van der Waals surface area contributed by atoms with Crippen molar-refractivity contribution in [2.24, 2.45) is 0 Å². The molecule has 0 unspecified atom stereocenters. The third-order valence-electron chi connectivity index (χ3n) is 3.77. The van der Waals surface area contributed by atoms with E-state index in [4.69, 9.17) is 0 Å². The Morgan fingerprint density at radius 3 is 2.10 bits per heavy atom. The number of nitrogens with zero attached hydrogens (tertiary/aromatic N) is 2. The summed E-state index contributed by atoms with van der Waals surface area (Å²) >= 11 is 0. The minimum atomic E-state index is 0.826. The fraction of sp³-hybridized carbons (Fsp3) is 0.444. The van der Waals surface area contributed by atoms with Crippen molar-refractivity contribution in [1.29, 1.82) is 0 Å². The predicted octanol–water partition coefficient (Wildman–Crippen LogP) is 3.82. The van der Waals surface area contributed by atoms with Crippen LogP contribution in [0.1, 0.15) is 42.8 Å². The molecule has 0 aliphatic rings. The van der Waals surface area contributed by atoms with E-state index in [1.54, 1.807) is 0 Å². The average Bonchev–Trinajstić information content (AvgIpc) is 2.50. The van der Waals surface area contributed by atoms with Gasteiger partial charge in [-0.1, -0.05) is 38.1 Å². The number of rotatable bonds is 6. The van der Waals surface area contributed by atoms with E-state index in [2.05, 4.69) is 67.2 Å². The molecule has 2 aromatic rings. The molecule has 0 aliphatic heterocycles. The summed E-state index contributed by atoms with van der Waals surface area (Å²) in [6.07, 6.45) is 2.20. The Morgan fingerprint density at radius 2 is 1.57 bits per heavy atom. The minimum Gasteiger partial charge on any atom is -0.313 e. The Labute approximate surface area is 127 Å². The Hall–Kier alpha value is -1.74. The van der Waals surface area contributed by atoms with Crippen molar-refractivity contribution >= 4 is 0 Å². The van der Waals surface area contributed by atoms with Crippen LogP contribution in [0.5, 0.6) is 0 Å². The van der Waals surface area contributed by atoms with Crippen LogP contribution in [0, 0.1) is 13.8 Å². The first-order chi connectivity index (χ1) is 10.2. The smallest absolute Gasteiger partial charge is 0.159 e. The summed E-state index contributed by atoms with van der Waals surface area (Å²) in [7, 11) is 0. The second-order valence-electron chi connectivity index (χ2n) is 5.42. The number of hydrogen-bond acceptors (Lipinski definition) is 3. The van der Waals surface area contributed by atoms with E-state index in [-0.39, 0.29) is 0 Å². The van der Waals surface area contributed by atoms with Gasteiger partial charge < -0.3 is 5.32 Å². The zero-order valence-corrected chi connectivity index (χ0v) is 13.5. The molecule has 0 fully saturated rings. The zero-order valence-electron chi connectivity index (χ0n) is 13.5. The van der Waals surface area contributed by atoms with E-state index in [0.717, 1.165) is 48.7 Å². The Kier molecular flexibility index (Phi) is 5.45. The van der Waals surface area contributed by atoms with Gasteiger partial charge in [-0.25, -0.2) is 9.97 Å². The fourth-order valence-electron chi connectivity index (χ4n) is 2.40. The van der Waals surface area contributed by atoms with Gasteiger partial charge in [0.2, 0.25) is 0 Å². The number of nitrogens with one attached hydrogen (secondary N) is 1. The lowest BCUT2D eigenvalue weighted by Gasteiger charge is -2.12. The summed E-state index contributed by atoms with van der Waals surface area (Å²) in [4.78, 5) is 9.37. The molecule has 21 heavy (non-hydrogen) atoms. The van der Waals surface area contributed by atoms with Gasteiger partial charge in [0.25, 0.3) is 0 Å². The number of aromatic nitrogens is 2. The highest BCUT2D eigenvalue weighted by Crippen LogP contribution is 2.19. The Morgan fingerprint density at radius 1 is 0.952 bits per heavy atom. The first kappa shape index (κ1) is 15.6. The highest BCUT2D eigenvalue weighted by atomic mass is 14.9. The highest BCUT2D eigenvalue weighted by Gasteiger charge is 2.09. The number of benzene rings is 1. The lowest BCUT2D eigenvalue weighted by atomic mass is 10.1. The molecule has 0 saturated carbocycles. The predicted molar refractivity (Wildman–Crippen MR) is 88.3 cm³/mol. The van der Waals surface area contributed by atoms with Crippen LogP contribution in [0.4, 0.5) is 0 Å². The standard InChI is InChI=1S/C18H25N3/c1-5-11-19-12-17-13(3)20-18(21-14(17)4)16-9-7-15(6-2)8-10-16/h7-10,19H,5-6,11-12H2,1-4H3. The van der Waals surface area contributed by atoms with E-state index < -0.39 is 0 Å². The topological polar surface area (TPSA) is 37.8 Å². The third kappa shape index (κ3) is 3.88. The van der Waals surface area contributed by atoms with Crippen LogP contribution >= 0.6 is 0 Å². The molecular weight excluding hydrogens is 258 g/mol. The van der Waals surface area contributed by atoms with Crippen LogP contribution in [0.2, 0.25) is 0 Å². The molecule has 2 rings (SSSR count). The van der Waals surface area contributed by atoms with Gasteiger partial charge in [-0.05, 0) is 38.8 Å². The van der Waals surface area contributed by atoms with E-state index in [9.17, 15) is 0 Å². The van der Waals surface area contributed by atoms with Crippen molar-refractivity contribution < 1.29 is 0 Å². The summed E-state index contributed by atoms with van der Waals surface area (Å²) < 4.78 is 0. The zero-order chi connectivity index (χ0) is 15.2. The van der Waals surface area contributed by atoms with E-state index in [1.165, 1.54) is 11.1 Å². The minimum absolute atomic E-state index is 0.826. The van der Waals surface area contributed by atoms with Crippen LogP contribution in [0.15, 0.2) is 24.3 Å². The van der Waals surface area contributed by atoms with Crippen LogP contribution in [-0.2, 0) is 13.0 Å². The molecule has 0 radical (unpaired) electrons. The van der Waals surface area contributed by atoms with E-state index in [0.29, 0.717) is 0 Å². The largest absolute Gasteiger partial charge is 0.313 e. The summed E-state index contributed by atoms with van der Waals surface area (Å²) in [5.74, 6) is 0.826. The maximum absolute atomic E-state index is 4.69. The lowest BCUT2D eigenvalue weighted by Crippen LogP contribution is -2.17. The van der Waals surface area contributed by atoms with Gasteiger partial charge in [-0.15, -0.1) is 0 Å². The summed E-state index contributed by atoms with van der Waals surface area (Å²) in [5, 5.41) is 3.43. The Bertz CT molecular complexity index is 565. The molecule has 1 heterocycles. The molecule has 0 spiro atoms. The summed E-state index contributed by atoms with van der Waals surface area (Å²) in [5.41, 5.74) is 5.79. The molecule has 3 heteroatoms. The molecular formula is C18H25N3. The summed E-state index contributed by atoms with van der Waals surface area (Å²) in [6.45, 7) is 10.4. The van der Waals surface area contributed by atoms with Crippen LogP contribution in [0.25, 0.3) is 11.4 Å². The van der Waals surface area contributed by atoms with Crippen molar-refractivity contribution in [3.8, 4) is 11.4 Å². The molecule has 1 aromatic carbocycles. The molecule has 0 atom stereocenters. The van der Waals surface area contributed by atoms with Crippen molar-refractivity contribution in [2.75, 3.05) is 6.54 Å². The molecule has 0 aliphatic carbocycles. The second-order valence-corrected chi connectivity index (χ2v) is 5.42. The molecule has 112 valence electrons. The van der Waals surface area contributed by atoms with Crippen molar-refractivity contribution in [3.63, 3.8) is 0 Å². The average molecular weight is 283 g/mol. The number of aryl methyl sites for hydroxylation is 3. The summed E-state index contributed by atoms with van der Waals surface area (Å²) in [6, 6.07) is 8.53. The lowest BCUT2D eigenvalue weighted by molar-refractivity contribution is 0.665. The molecule has 1 aromatic heterocycles. The van der Waals surface area contributed by atoms with Crippen molar-refractivity contribution in [2.45, 2.75) is 47.1 Å². The van der Waals surface area contributed by atoms with Crippen molar-refractivity contribution in [3.05, 3.63) is 46.8 Å². The SMILES string of the molecule is CCCNCc1c(C)nc(-c2ccc(CC)cc2)nc1C. The maximum atomic E-state index is 4.69. The van der Waals surface area contributed by atoms with Crippen LogP contribution < -0.4 is 5.32 Å². The highest BCUT2D eigenvalue weighted by molar-refractivity contribution is 5.56. The van der Waals surface area contributed by atoms with Crippen molar-refractivity contribution in [1.82, 2.24) is 15.3 Å². The van der Waals surface area contributed by atoms with Gasteiger partial charge >= 0.3 is 0 Å². The van der Waals surface area contributed by atoms with Gasteiger partial charge in [-0.3, -0.25) is 0 Å². The number of hydrogen-bond donors (Lipinski definition) is 1. The molecule has 1 N–H and O–H groups in total. The fourth-order valence-corrected chi connectivity index (χ4v) is 2.40. The monoisotopic (exact) mass is 283 g/mol. The molecule has 3 nitrogen and oxygen atoms in total. The van der Waals surface area contributed by atoms with E-state index >= 15 is 0 Å². The molecule has 0 saturated heterocycles. The third-order valence-corrected chi connectivity index (χ3v) is 3.77. The van der Waals surface area contributed by atoms with Crippen LogP contribution in [-0.4, -0.2) is 16.5 Å². The van der Waals surface area contributed by atoms with Gasteiger partial charge in [0, 0.05) is 29.1 Å². The molecule has 0 bridgehead atoms. The quantitative estimate of drug-likeness (QED) is 0.819. The van der Waals surface area contributed by atoms with Crippen LogP contribution in [0.3, 0.4) is 0 Å². The van der Waals surface area contributed by atoms with Gasteiger partial charge in [0.1, 0.15) is 0 Å². The van der Waals surface area contributed by atoms with E-state index in [1.807, 2.05) is 0 Å². The first-order valence-electron chi connectivity index (χ1n) is 7.79. The first-order valence-corrected chi connectivity index (χ1v) is 7.79. The molecule has 0 amide bonds. The van der Waals surface area contributed by atoms with Gasteiger partial charge in [-0.2, -0.15) is 0 Å². The Balaban J connectivity index is 2.25. The normalized spacial score (nSPS) is 10.9. The maximum Gasteiger partial charge on any atom is 0.159 e. The second kappa shape index (κ2) is 7.32.